The quantitative estimate of drug-likeness (QED) is 0.651. The molecule has 1 N–H and O–H groups in total. The van der Waals surface area contributed by atoms with Crippen LogP contribution in [0.1, 0.15) is 40.0 Å². The van der Waals surface area contributed by atoms with E-state index in [9.17, 15) is 15.0 Å². The van der Waals surface area contributed by atoms with Crippen LogP contribution in [-0.2, 0) is 4.79 Å². The predicted molar refractivity (Wildman–Crippen MR) is 44.3 cm³/mol. The highest BCUT2D eigenvalue weighted by atomic mass is 16.4. The lowest BCUT2D eigenvalue weighted by molar-refractivity contribution is -0.311. The summed E-state index contributed by atoms with van der Waals surface area (Å²) < 4.78 is 0. The van der Waals surface area contributed by atoms with Gasteiger partial charge in [0.1, 0.15) is 0 Å². The molecule has 0 aliphatic heterocycles. The van der Waals surface area contributed by atoms with Crippen molar-refractivity contribution in [2.45, 2.75) is 45.6 Å². The number of hydrogen-bond donors (Lipinski definition) is 1. The Morgan fingerprint density at radius 3 is 2.42 bits per heavy atom. The summed E-state index contributed by atoms with van der Waals surface area (Å²) in [6.07, 6.45) is 1.93. The summed E-state index contributed by atoms with van der Waals surface area (Å²) in [4.78, 5) is 10.3. The first kappa shape index (κ1) is 11.4. The van der Waals surface area contributed by atoms with Gasteiger partial charge < -0.3 is 15.0 Å². The topological polar surface area (TPSA) is 60.4 Å². The maximum Gasteiger partial charge on any atom is 0.0591 e. The molecule has 0 aliphatic carbocycles. The maximum absolute atomic E-state index is 10.3. The van der Waals surface area contributed by atoms with Crippen LogP contribution < -0.4 is 5.11 Å². The van der Waals surface area contributed by atoms with E-state index in [4.69, 9.17) is 0 Å². The first-order chi connectivity index (χ1) is 5.33. The zero-order chi connectivity index (χ0) is 9.78. The minimum atomic E-state index is -1.01. The van der Waals surface area contributed by atoms with Gasteiger partial charge in [-0.15, -0.1) is 0 Å². The summed E-state index contributed by atoms with van der Waals surface area (Å²) >= 11 is 0. The number of hydrogen-bond acceptors (Lipinski definition) is 3. The second-order valence-electron chi connectivity index (χ2n) is 3.92. The van der Waals surface area contributed by atoms with Gasteiger partial charge in [-0.05, 0) is 39.0 Å². The van der Waals surface area contributed by atoms with Crippen LogP contribution in [0.5, 0.6) is 0 Å². The third-order valence-corrected chi connectivity index (χ3v) is 1.83. The van der Waals surface area contributed by atoms with Gasteiger partial charge >= 0.3 is 0 Å². The Labute approximate surface area is 73.4 Å². The number of rotatable bonds is 5. The largest absolute Gasteiger partial charge is 0.550 e. The zero-order valence-corrected chi connectivity index (χ0v) is 7.96. The van der Waals surface area contributed by atoms with Gasteiger partial charge in [-0.3, -0.25) is 0 Å². The Morgan fingerprint density at radius 2 is 2.08 bits per heavy atom. The number of carboxylic acids is 1. The van der Waals surface area contributed by atoms with E-state index in [1.807, 2.05) is 0 Å². The number of aliphatic carboxylic acids is 1. The third-order valence-electron chi connectivity index (χ3n) is 1.83. The van der Waals surface area contributed by atoms with Crippen LogP contribution in [0.15, 0.2) is 0 Å². The third kappa shape index (κ3) is 6.16. The summed E-state index contributed by atoms with van der Waals surface area (Å²) in [6, 6.07) is 0. The van der Waals surface area contributed by atoms with E-state index in [1.165, 1.54) is 0 Å². The molecule has 1 atom stereocenters. The first-order valence-corrected chi connectivity index (χ1v) is 4.26. The van der Waals surface area contributed by atoms with Crippen molar-refractivity contribution >= 4 is 5.97 Å². The zero-order valence-electron chi connectivity index (χ0n) is 7.96. The molecule has 1 unspecified atom stereocenters. The van der Waals surface area contributed by atoms with E-state index in [-0.39, 0.29) is 0 Å². The molecular formula is C9H17O3-. The monoisotopic (exact) mass is 173 g/mol. The number of carbonyl (C=O) groups is 1. The molecule has 72 valence electrons. The fourth-order valence-electron chi connectivity index (χ4n) is 0.959. The highest BCUT2D eigenvalue weighted by Crippen LogP contribution is 2.15. The van der Waals surface area contributed by atoms with E-state index in [1.54, 1.807) is 20.8 Å². The van der Waals surface area contributed by atoms with Crippen molar-refractivity contribution in [3.05, 3.63) is 0 Å². The fourth-order valence-corrected chi connectivity index (χ4v) is 0.959. The van der Waals surface area contributed by atoms with Gasteiger partial charge in [0, 0.05) is 5.97 Å². The van der Waals surface area contributed by atoms with Crippen molar-refractivity contribution in [3.63, 3.8) is 0 Å². The number of carbonyl (C=O) groups excluding carboxylic acids is 1. The summed E-state index contributed by atoms with van der Waals surface area (Å²) in [5, 5.41) is 19.6. The second kappa shape index (κ2) is 4.45. The lowest BCUT2D eigenvalue weighted by Crippen LogP contribution is -2.29. The standard InChI is InChI=1S/C9H18O3/c1-7(8(10)11)5-4-6-9(2,3)12/h7,12H,4-6H2,1-3H3,(H,10,11)/p-1. The van der Waals surface area contributed by atoms with Crippen LogP contribution in [0.2, 0.25) is 0 Å². The van der Waals surface area contributed by atoms with Gasteiger partial charge in [-0.1, -0.05) is 6.92 Å². The number of carboxylic acid groups (broad SMARTS) is 1. The molecule has 0 bridgehead atoms. The van der Waals surface area contributed by atoms with Crippen LogP contribution in [0.25, 0.3) is 0 Å². The first-order valence-electron chi connectivity index (χ1n) is 4.26. The van der Waals surface area contributed by atoms with Gasteiger partial charge in [0.05, 0.1) is 5.60 Å². The predicted octanol–water partition coefficient (Wildman–Crippen LogP) is 0.314. The molecule has 0 saturated heterocycles. The number of aliphatic hydroxyl groups is 1. The molecule has 0 aromatic carbocycles. The van der Waals surface area contributed by atoms with E-state index < -0.39 is 17.5 Å². The van der Waals surface area contributed by atoms with Crippen molar-refractivity contribution in [2.75, 3.05) is 0 Å². The Kier molecular flexibility index (Phi) is 4.24. The van der Waals surface area contributed by atoms with Crippen LogP contribution >= 0.6 is 0 Å². The van der Waals surface area contributed by atoms with Crippen LogP contribution in [0, 0.1) is 5.92 Å². The molecule has 0 saturated carbocycles. The molecule has 0 aromatic rings. The Bertz CT molecular complexity index is 146. The molecular weight excluding hydrogens is 156 g/mol. The molecule has 0 spiro atoms. The highest BCUT2D eigenvalue weighted by Gasteiger charge is 2.12. The fraction of sp³-hybridized carbons (Fsp3) is 0.889. The smallest absolute Gasteiger partial charge is 0.0591 e. The molecule has 3 nitrogen and oxygen atoms in total. The van der Waals surface area contributed by atoms with Gasteiger partial charge in [-0.2, -0.15) is 0 Å². The van der Waals surface area contributed by atoms with Gasteiger partial charge in [0.25, 0.3) is 0 Å². The van der Waals surface area contributed by atoms with Crippen LogP contribution in [-0.4, -0.2) is 16.7 Å². The molecule has 0 aromatic heterocycles. The Balaban J connectivity index is 3.51. The lowest BCUT2D eigenvalue weighted by atomic mass is 9.97. The average Bonchev–Trinajstić information content (AvgIpc) is 1.84. The van der Waals surface area contributed by atoms with Gasteiger partial charge in [-0.25, -0.2) is 0 Å². The second-order valence-corrected chi connectivity index (χ2v) is 3.92. The SMILES string of the molecule is CC(CCCC(C)(C)O)C(=O)[O-]. The van der Waals surface area contributed by atoms with Crippen molar-refractivity contribution in [1.82, 2.24) is 0 Å². The van der Waals surface area contributed by atoms with Crippen molar-refractivity contribution in [3.8, 4) is 0 Å². The molecule has 0 fully saturated rings. The van der Waals surface area contributed by atoms with E-state index >= 15 is 0 Å². The van der Waals surface area contributed by atoms with Crippen molar-refractivity contribution in [1.29, 1.82) is 0 Å². The van der Waals surface area contributed by atoms with Gasteiger partial charge in [0.2, 0.25) is 0 Å². The summed E-state index contributed by atoms with van der Waals surface area (Å²) in [6.45, 7) is 5.06. The Morgan fingerprint density at radius 1 is 1.58 bits per heavy atom. The van der Waals surface area contributed by atoms with Crippen LogP contribution in [0.4, 0.5) is 0 Å². The summed E-state index contributed by atoms with van der Waals surface area (Å²) in [5.41, 5.74) is -0.689. The molecule has 3 heteroatoms. The van der Waals surface area contributed by atoms with E-state index in [0.717, 1.165) is 6.42 Å². The lowest BCUT2D eigenvalue weighted by Gasteiger charge is -2.18. The maximum atomic E-state index is 10.3. The summed E-state index contributed by atoms with van der Waals surface area (Å²) in [7, 11) is 0. The minimum absolute atomic E-state index is 0.410. The minimum Gasteiger partial charge on any atom is -0.550 e. The van der Waals surface area contributed by atoms with E-state index in [0.29, 0.717) is 12.8 Å². The normalized spacial score (nSPS) is 14.3. The Hall–Kier alpha value is -0.570. The molecule has 0 rings (SSSR count). The summed E-state index contributed by atoms with van der Waals surface area (Å²) in [5.74, 6) is -1.42. The molecule has 0 aliphatic rings. The molecule has 0 amide bonds. The molecule has 0 heterocycles. The van der Waals surface area contributed by atoms with Gasteiger partial charge in [0.15, 0.2) is 0 Å². The van der Waals surface area contributed by atoms with Crippen LogP contribution in [0.3, 0.4) is 0 Å². The van der Waals surface area contributed by atoms with Crippen molar-refractivity contribution < 1.29 is 15.0 Å². The average molecular weight is 173 g/mol. The van der Waals surface area contributed by atoms with E-state index in [2.05, 4.69) is 0 Å². The molecule has 0 radical (unpaired) electrons. The highest BCUT2D eigenvalue weighted by molar-refractivity contribution is 5.66. The molecule has 12 heavy (non-hydrogen) atoms. The van der Waals surface area contributed by atoms with Crippen molar-refractivity contribution in [2.24, 2.45) is 5.92 Å².